The van der Waals surface area contributed by atoms with Crippen LogP contribution < -0.4 is 5.32 Å². The monoisotopic (exact) mass is 195 g/mol. The van der Waals surface area contributed by atoms with E-state index in [9.17, 15) is 0 Å². The maximum absolute atomic E-state index is 5.65. The van der Waals surface area contributed by atoms with E-state index in [4.69, 9.17) is 11.2 Å². The van der Waals surface area contributed by atoms with Crippen LogP contribution in [0.3, 0.4) is 0 Å². The van der Waals surface area contributed by atoms with Crippen LogP contribution in [0.4, 0.5) is 0 Å². The van der Waals surface area contributed by atoms with E-state index in [2.05, 4.69) is 25.1 Å². The molecule has 1 aliphatic heterocycles. The number of nitrogens with one attached hydrogen (secondary N) is 1. The Balaban J connectivity index is 2.51. The van der Waals surface area contributed by atoms with E-state index in [0.717, 1.165) is 19.4 Å². The van der Waals surface area contributed by atoms with Gasteiger partial charge in [-0.3, -0.25) is 5.32 Å². The zero-order valence-corrected chi connectivity index (χ0v) is 9.68. The molecule has 2 nitrogen and oxygen atoms in total. The molecule has 14 heavy (non-hydrogen) atoms. The summed E-state index contributed by atoms with van der Waals surface area (Å²) in [6.07, 6.45) is 7.52. The molecule has 1 atom stereocenters. The summed E-state index contributed by atoms with van der Waals surface area (Å²) in [4.78, 5) is 0. The Morgan fingerprint density at radius 2 is 2.14 bits per heavy atom. The highest BCUT2D eigenvalue weighted by Crippen LogP contribution is 2.25. The zero-order chi connectivity index (χ0) is 10.8. The first-order valence-corrected chi connectivity index (χ1v) is 5.24. The molecule has 1 heterocycles. The van der Waals surface area contributed by atoms with Crippen molar-refractivity contribution < 1.29 is 4.74 Å². The zero-order valence-electron chi connectivity index (χ0n) is 9.68. The van der Waals surface area contributed by atoms with Gasteiger partial charge in [0.1, 0.15) is 0 Å². The number of hydrogen-bond acceptors (Lipinski definition) is 2. The quantitative estimate of drug-likeness (QED) is 0.680. The third kappa shape index (κ3) is 3.32. The topological polar surface area (TPSA) is 21.3 Å². The van der Waals surface area contributed by atoms with Gasteiger partial charge in [-0.15, -0.1) is 6.42 Å². The fraction of sp³-hybridized carbons (Fsp3) is 0.833. The predicted octanol–water partition coefficient (Wildman–Crippen LogP) is 1.95. The van der Waals surface area contributed by atoms with Gasteiger partial charge in [0.2, 0.25) is 0 Å². The van der Waals surface area contributed by atoms with Crippen LogP contribution in [0.5, 0.6) is 0 Å². The van der Waals surface area contributed by atoms with Crippen LogP contribution in [0.2, 0.25) is 0 Å². The van der Waals surface area contributed by atoms with Gasteiger partial charge < -0.3 is 4.74 Å². The Bertz CT molecular complexity index is 237. The fourth-order valence-electron chi connectivity index (χ4n) is 1.91. The lowest BCUT2D eigenvalue weighted by atomic mass is 9.92. The highest BCUT2D eigenvalue weighted by molar-refractivity contribution is 5.08. The van der Waals surface area contributed by atoms with E-state index in [0.29, 0.717) is 6.04 Å². The van der Waals surface area contributed by atoms with E-state index in [-0.39, 0.29) is 11.1 Å². The van der Waals surface area contributed by atoms with Gasteiger partial charge in [0, 0.05) is 12.6 Å². The summed E-state index contributed by atoms with van der Waals surface area (Å²) in [6.45, 7) is 9.16. The molecule has 0 aliphatic carbocycles. The summed E-state index contributed by atoms with van der Waals surface area (Å²) in [5.41, 5.74) is -0.224. The van der Waals surface area contributed by atoms with Gasteiger partial charge in [0.05, 0.1) is 11.1 Å². The predicted molar refractivity (Wildman–Crippen MR) is 59.1 cm³/mol. The maximum Gasteiger partial charge on any atom is 0.0743 e. The number of hydrogen-bond donors (Lipinski definition) is 1. The van der Waals surface area contributed by atoms with Crippen LogP contribution >= 0.6 is 0 Å². The van der Waals surface area contributed by atoms with E-state index in [1.54, 1.807) is 0 Å². The second kappa shape index (κ2) is 3.92. The molecular formula is C12H21NO. The molecule has 1 rings (SSSR count). The summed E-state index contributed by atoms with van der Waals surface area (Å²) in [5.74, 6) is 2.76. The largest absolute Gasteiger partial charge is 0.375 e. The van der Waals surface area contributed by atoms with Crippen molar-refractivity contribution in [1.82, 2.24) is 5.32 Å². The van der Waals surface area contributed by atoms with Crippen molar-refractivity contribution in [3.05, 3.63) is 0 Å². The smallest absolute Gasteiger partial charge is 0.0743 e. The lowest BCUT2D eigenvalue weighted by molar-refractivity contribution is -0.0647. The Hall–Kier alpha value is -0.520. The van der Waals surface area contributed by atoms with Crippen molar-refractivity contribution in [3.8, 4) is 12.3 Å². The Morgan fingerprint density at radius 1 is 1.50 bits per heavy atom. The second-order valence-electron chi connectivity index (χ2n) is 5.21. The van der Waals surface area contributed by atoms with Gasteiger partial charge >= 0.3 is 0 Å². The molecule has 0 saturated carbocycles. The molecule has 1 saturated heterocycles. The van der Waals surface area contributed by atoms with Crippen LogP contribution in [0.1, 0.15) is 40.5 Å². The van der Waals surface area contributed by atoms with Crippen LogP contribution in [-0.2, 0) is 4.74 Å². The third-order valence-corrected chi connectivity index (χ3v) is 2.62. The summed E-state index contributed by atoms with van der Waals surface area (Å²) in [6, 6.07) is 0.477. The minimum atomic E-state index is -0.210. The molecule has 1 aliphatic rings. The molecule has 80 valence electrons. The molecule has 0 amide bonds. The summed E-state index contributed by atoms with van der Waals surface area (Å²) in [7, 11) is 0. The van der Waals surface area contributed by atoms with Crippen molar-refractivity contribution in [1.29, 1.82) is 0 Å². The molecule has 2 heteroatoms. The molecule has 0 bridgehead atoms. The van der Waals surface area contributed by atoms with Crippen molar-refractivity contribution in [2.45, 2.75) is 57.7 Å². The molecule has 0 aromatic heterocycles. The molecule has 1 unspecified atom stereocenters. The Morgan fingerprint density at radius 3 is 2.64 bits per heavy atom. The highest BCUT2D eigenvalue weighted by Gasteiger charge is 2.31. The Kier molecular flexibility index (Phi) is 3.24. The standard InChI is InChI=1S/C12H21NO/c1-6-11(2,3)13-10-7-8-14-12(4,5)9-10/h1,10,13H,7-9H2,2-5H3. The van der Waals surface area contributed by atoms with E-state index >= 15 is 0 Å². The van der Waals surface area contributed by atoms with E-state index in [1.807, 2.05) is 13.8 Å². The number of ether oxygens (including phenoxy) is 1. The van der Waals surface area contributed by atoms with E-state index in [1.165, 1.54) is 0 Å². The number of rotatable bonds is 2. The van der Waals surface area contributed by atoms with Crippen LogP contribution in [-0.4, -0.2) is 23.8 Å². The SMILES string of the molecule is C#CC(C)(C)NC1CCOC(C)(C)C1. The van der Waals surface area contributed by atoms with Crippen LogP contribution in [0, 0.1) is 12.3 Å². The maximum atomic E-state index is 5.65. The second-order valence-corrected chi connectivity index (χ2v) is 5.21. The van der Waals surface area contributed by atoms with Gasteiger partial charge in [-0.1, -0.05) is 5.92 Å². The molecule has 0 spiro atoms. The molecular weight excluding hydrogens is 174 g/mol. The molecule has 0 radical (unpaired) electrons. The van der Waals surface area contributed by atoms with Crippen molar-refractivity contribution in [3.63, 3.8) is 0 Å². The minimum absolute atomic E-state index is 0.0133. The average Bonchev–Trinajstić information content (AvgIpc) is 2.01. The lowest BCUT2D eigenvalue weighted by Gasteiger charge is -2.38. The van der Waals surface area contributed by atoms with Crippen LogP contribution in [0.15, 0.2) is 0 Å². The third-order valence-electron chi connectivity index (χ3n) is 2.62. The highest BCUT2D eigenvalue weighted by atomic mass is 16.5. The molecule has 1 N–H and O–H groups in total. The van der Waals surface area contributed by atoms with Crippen molar-refractivity contribution in [2.75, 3.05) is 6.61 Å². The summed E-state index contributed by atoms with van der Waals surface area (Å²) in [5, 5.41) is 3.48. The van der Waals surface area contributed by atoms with Crippen LogP contribution in [0.25, 0.3) is 0 Å². The summed E-state index contributed by atoms with van der Waals surface area (Å²) < 4.78 is 5.65. The normalized spacial score (nSPS) is 26.9. The van der Waals surface area contributed by atoms with Gasteiger partial charge in [-0.05, 0) is 40.5 Å². The molecule has 0 aromatic rings. The minimum Gasteiger partial charge on any atom is -0.375 e. The summed E-state index contributed by atoms with van der Waals surface area (Å²) >= 11 is 0. The average molecular weight is 195 g/mol. The van der Waals surface area contributed by atoms with Gasteiger partial charge in [0.25, 0.3) is 0 Å². The van der Waals surface area contributed by atoms with E-state index < -0.39 is 0 Å². The van der Waals surface area contributed by atoms with Gasteiger partial charge in [0.15, 0.2) is 0 Å². The first-order valence-electron chi connectivity index (χ1n) is 5.24. The molecule has 0 aromatic carbocycles. The van der Waals surface area contributed by atoms with Crippen molar-refractivity contribution >= 4 is 0 Å². The fourth-order valence-corrected chi connectivity index (χ4v) is 1.91. The molecule has 1 fully saturated rings. The van der Waals surface area contributed by atoms with Gasteiger partial charge in [-0.25, -0.2) is 0 Å². The van der Waals surface area contributed by atoms with Crippen molar-refractivity contribution in [2.24, 2.45) is 0 Å². The Labute approximate surface area is 87.4 Å². The first kappa shape index (κ1) is 11.6. The lowest BCUT2D eigenvalue weighted by Crippen LogP contribution is -2.51. The van der Waals surface area contributed by atoms with Gasteiger partial charge in [-0.2, -0.15) is 0 Å². The first-order chi connectivity index (χ1) is 6.35. The number of terminal acetylenes is 1.